The summed E-state index contributed by atoms with van der Waals surface area (Å²) in [5, 5.41) is 0. The maximum Gasteiger partial charge on any atom is 0.419 e. The fourth-order valence-corrected chi connectivity index (χ4v) is 3.38. The van der Waals surface area contributed by atoms with Gasteiger partial charge in [0, 0.05) is 33.0 Å². The van der Waals surface area contributed by atoms with Gasteiger partial charge in [0.1, 0.15) is 6.04 Å². The van der Waals surface area contributed by atoms with E-state index in [1.807, 2.05) is 19.1 Å². The highest BCUT2D eigenvalue weighted by molar-refractivity contribution is 5.87. The van der Waals surface area contributed by atoms with E-state index < -0.39 is 17.7 Å². The van der Waals surface area contributed by atoms with E-state index in [4.69, 9.17) is 10.2 Å². The van der Waals surface area contributed by atoms with E-state index in [2.05, 4.69) is 0 Å². The summed E-state index contributed by atoms with van der Waals surface area (Å²) >= 11 is 0. The molecule has 9 nitrogen and oxygen atoms in total. The maximum atomic E-state index is 12.6. The van der Waals surface area contributed by atoms with Crippen LogP contribution in [0.15, 0.2) is 27.4 Å². The van der Waals surface area contributed by atoms with Crippen LogP contribution in [0.25, 0.3) is 11.1 Å². The molecule has 2 N–H and O–H groups in total. The van der Waals surface area contributed by atoms with E-state index in [0.29, 0.717) is 17.6 Å². The quantitative estimate of drug-likeness (QED) is 0.797. The summed E-state index contributed by atoms with van der Waals surface area (Å²) in [5.41, 5.74) is 7.47. The lowest BCUT2D eigenvalue weighted by atomic mass is 10.1. The molecule has 3 amide bonds. The van der Waals surface area contributed by atoms with Gasteiger partial charge in [-0.05, 0) is 24.6 Å². The lowest BCUT2D eigenvalue weighted by Gasteiger charge is -2.39. The van der Waals surface area contributed by atoms with Crippen molar-refractivity contribution in [2.24, 2.45) is 5.73 Å². The SMILES string of the molecule is CC(=O)N1CCN(C(=O)CCn2c(=O)oc3ccc(C)cc32)C[C@H]1C(N)=O. The van der Waals surface area contributed by atoms with E-state index in [0.717, 1.165) is 5.56 Å². The minimum absolute atomic E-state index is 0.0634. The number of nitrogens with zero attached hydrogens (tertiary/aromatic N) is 3. The minimum atomic E-state index is -0.833. The number of aromatic nitrogens is 1. The predicted octanol–water partition coefficient (Wildman–Crippen LogP) is -0.162. The van der Waals surface area contributed by atoms with Crippen LogP contribution in [0.3, 0.4) is 0 Å². The number of benzene rings is 1. The summed E-state index contributed by atoms with van der Waals surface area (Å²) in [7, 11) is 0. The van der Waals surface area contributed by atoms with Crippen molar-refractivity contribution in [1.29, 1.82) is 0 Å². The summed E-state index contributed by atoms with van der Waals surface area (Å²) in [6.45, 7) is 4.08. The number of fused-ring (bicyclic) bond motifs is 1. The molecule has 1 aromatic carbocycles. The number of nitrogens with two attached hydrogens (primary N) is 1. The van der Waals surface area contributed by atoms with Crippen LogP contribution in [0.4, 0.5) is 0 Å². The van der Waals surface area contributed by atoms with Gasteiger partial charge in [0.15, 0.2) is 5.58 Å². The van der Waals surface area contributed by atoms with Crippen LogP contribution in [0.2, 0.25) is 0 Å². The van der Waals surface area contributed by atoms with Crippen molar-refractivity contribution >= 4 is 28.8 Å². The van der Waals surface area contributed by atoms with Crippen LogP contribution in [-0.2, 0) is 20.9 Å². The lowest BCUT2D eigenvalue weighted by Crippen LogP contribution is -2.60. The van der Waals surface area contributed by atoms with Crippen LogP contribution < -0.4 is 11.5 Å². The number of aryl methyl sites for hydroxylation is 2. The van der Waals surface area contributed by atoms with Gasteiger partial charge < -0.3 is 20.0 Å². The lowest BCUT2D eigenvalue weighted by molar-refractivity contribution is -0.146. The molecule has 1 atom stereocenters. The number of hydrogen-bond donors (Lipinski definition) is 1. The molecule has 2 heterocycles. The largest absolute Gasteiger partial charge is 0.419 e. The van der Waals surface area contributed by atoms with Gasteiger partial charge in [-0.1, -0.05) is 6.07 Å². The molecule has 1 saturated heterocycles. The molecule has 0 aliphatic carbocycles. The highest BCUT2D eigenvalue weighted by Crippen LogP contribution is 2.16. The number of oxazole rings is 1. The van der Waals surface area contributed by atoms with Crippen molar-refractivity contribution in [3.05, 3.63) is 34.3 Å². The molecule has 1 aliphatic heterocycles. The molecule has 0 unspecified atom stereocenters. The van der Waals surface area contributed by atoms with Crippen molar-refractivity contribution in [2.45, 2.75) is 32.9 Å². The summed E-state index contributed by atoms with van der Waals surface area (Å²) < 4.78 is 6.63. The van der Waals surface area contributed by atoms with Crippen LogP contribution in [0.1, 0.15) is 18.9 Å². The van der Waals surface area contributed by atoms with Crippen LogP contribution in [0, 0.1) is 6.92 Å². The van der Waals surface area contributed by atoms with Crippen LogP contribution in [0.5, 0.6) is 0 Å². The third-order valence-corrected chi connectivity index (χ3v) is 4.84. The highest BCUT2D eigenvalue weighted by Gasteiger charge is 2.34. The van der Waals surface area contributed by atoms with Crippen molar-refractivity contribution in [3.8, 4) is 0 Å². The smallest absolute Gasteiger partial charge is 0.408 e. The Bertz CT molecular complexity index is 960. The van der Waals surface area contributed by atoms with E-state index in [9.17, 15) is 19.2 Å². The third-order valence-electron chi connectivity index (χ3n) is 4.84. The first kappa shape index (κ1) is 18.7. The molecule has 3 rings (SSSR count). The van der Waals surface area contributed by atoms with Gasteiger partial charge in [0.25, 0.3) is 0 Å². The number of piperazine rings is 1. The van der Waals surface area contributed by atoms with E-state index in [1.54, 1.807) is 6.07 Å². The predicted molar refractivity (Wildman–Crippen MR) is 96.8 cm³/mol. The molecular weight excluding hydrogens is 352 g/mol. The van der Waals surface area contributed by atoms with Crippen LogP contribution >= 0.6 is 0 Å². The number of amides is 3. The van der Waals surface area contributed by atoms with Gasteiger partial charge in [-0.25, -0.2) is 4.79 Å². The topological polar surface area (TPSA) is 119 Å². The fourth-order valence-electron chi connectivity index (χ4n) is 3.38. The van der Waals surface area contributed by atoms with Crippen molar-refractivity contribution in [3.63, 3.8) is 0 Å². The minimum Gasteiger partial charge on any atom is -0.408 e. The van der Waals surface area contributed by atoms with E-state index >= 15 is 0 Å². The average molecular weight is 374 g/mol. The van der Waals surface area contributed by atoms with Gasteiger partial charge in [0.2, 0.25) is 17.7 Å². The molecule has 0 saturated carbocycles. The normalized spacial score (nSPS) is 17.3. The Balaban J connectivity index is 1.71. The van der Waals surface area contributed by atoms with Gasteiger partial charge >= 0.3 is 5.76 Å². The summed E-state index contributed by atoms with van der Waals surface area (Å²) in [5.74, 6) is -1.62. The number of carbonyl (C=O) groups is 3. The van der Waals surface area contributed by atoms with Gasteiger partial charge in [-0.2, -0.15) is 0 Å². The molecule has 27 heavy (non-hydrogen) atoms. The molecule has 0 spiro atoms. The Kier molecular flexibility index (Phi) is 5.02. The molecule has 1 aliphatic rings. The molecule has 1 fully saturated rings. The van der Waals surface area contributed by atoms with Crippen molar-refractivity contribution < 1.29 is 18.8 Å². The molecule has 0 radical (unpaired) electrons. The van der Waals surface area contributed by atoms with E-state index in [-0.39, 0.29) is 37.9 Å². The van der Waals surface area contributed by atoms with Gasteiger partial charge in [-0.3, -0.25) is 19.0 Å². The second-order valence-corrected chi connectivity index (χ2v) is 6.71. The Morgan fingerprint density at radius 1 is 1.26 bits per heavy atom. The second-order valence-electron chi connectivity index (χ2n) is 6.71. The van der Waals surface area contributed by atoms with E-state index in [1.165, 1.54) is 21.3 Å². The molecule has 1 aromatic heterocycles. The van der Waals surface area contributed by atoms with Crippen molar-refractivity contribution in [1.82, 2.24) is 14.4 Å². The summed E-state index contributed by atoms with van der Waals surface area (Å²) in [6.07, 6.45) is 0.0774. The Morgan fingerprint density at radius 3 is 2.67 bits per heavy atom. The zero-order valence-corrected chi connectivity index (χ0v) is 15.3. The maximum absolute atomic E-state index is 12.6. The molecule has 144 valence electrons. The second kappa shape index (κ2) is 7.26. The van der Waals surface area contributed by atoms with Crippen molar-refractivity contribution in [2.75, 3.05) is 19.6 Å². The Labute approximate surface area is 155 Å². The molecular formula is C18H22N4O5. The average Bonchev–Trinajstić information content (AvgIpc) is 2.93. The molecule has 2 aromatic rings. The zero-order valence-electron chi connectivity index (χ0n) is 15.3. The first-order valence-electron chi connectivity index (χ1n) is 8.72. The molecule has 0 bridgehead atoms. The standard InChI is InChI=1S/C18H22N4O5/c1-11-3-4-15-13(9-11)22(18(26)27-15)6-5-16(24)20-7-8-21(12(2)23)14(10-20)17(19)25/h3-4,9,14H,5-8,10H2,1-2H3,(H2,19,25)/t14-/m0/s1. The van der Waals surface area contributed by atoms with Gasteiger partial charge in [0.05, 0.1) is 12.1 Å². The molecule has 9 heteroatoms. The highest BCUT2D eigenvalue weighted by atomic mass is 16.4. The first-order valence-corrected chi connectivity index (χ1v) is 8.72. The Morgan fingerprint density at radius 2 is 2.00 bits per heavy atom. The summed E-state index contributed by atoms with van der Waals surface area (Å²) in [6, 6.07) is 4.57. The van der Waals surface area contributed by atoms with Gasteiger partial charge in [-0.15, -0.1) is 0 Å². The zero-order chi connectivity index (χ0) is 19.7. The third kappa shape index (κ3) is 3.71. The monoisotopic (exact) mass is 374 g/mol. The Hall–Kier alpha value is -3.10. The first-order chi connectivity index (χ1) is 12.8. The van der Waals surface area contributed by atoms with Crippen LogP contribution in [-0.4, -0.2) is 57.8 Å². The number of rotatable bonds is 4. The number of carbonyl (C=O) groups excluding carboxylic acids is 3. The fraction of sp³-hybridized carbons (Fsp3) is 0.444. The number of primary amides is 1. The summed E-state index contributed by atoms with van der Waals surface area (Å²) in [4.78, 5) is 50.8. The number of hydrogen-bond acceptors (Lipinski definition) is 5.